The predicted octanol–water partition coefficient (Wildman–Crippen LogP) is 4.22. The number of rotatable bonds is 5. The van der Waals surface area contributed by atoms with Gasteiger partial charge < -0.3 is 9.84 Å². The number of carbonyl (C=O) groups is 1. The molecule has 0 unspecified atom stereocenters. The van der Waals surface area contributed by atoms with Crippen molar-refractivity contribution in [3.63, 3.8) is 0 Å². The van der Waals surface area contributed by atoms with Crippen LogP contribution in [0.1, 0.15) is 11.1 Å². The first kappa shape index (κ1) is 15.1. The maximum atomic E-state index is 11.5. The van der Waals surface area contributed by atoms with Crippen LogP contribution in [-0.4, -0.2) is 17.2 Å². The van der Waals surface area contributed by atoms with E-state index in [9.17, 15) is 9.90 Å². The van der Waals surface area contributed by atoms with Gasteiger partial charge in [-0.1, -0.05) is 60.2 Å². The van der Waals surface area contributed by atoms with Crippen molar-refractivity contribution in [1.82, 2.24) is 0 Å². The van der Waals surface area contributed by atoms with Gasteiger partial charge in [-0.25, -0.2) is 4.79 Å². The highest BCUT2D eigenvalue weighted by atomic mass is 16.5. The molecule has 3 rings (SSSR count). The van der Waals surface area contributed by atoms with Gasteiger partial charge in [-0.15, -0.1) is 0 Å². The summed E-state index contributed by atoms with van der Waals surface area (Å²) < 4.78 is 5.73. The summed E-state index contributed by atoms with van der Waals surface area (Å²) in [7, 11) is 0. The Balaban J connectivity index is 1.82. The maximum absolute atomic E-state index is 11.5. The summed E-state index contributed by atoms with van der Waals surface area (Å²) in [6, 6.07) is 21.4. The van der Waals surface area contributed by atoms with E-state index in [0.717, 1.165) is 21.9 Å². The van der Waals surface area contributed by atoms with Crippen LogP contribution in [0.5, 0.6) is 5.75 Å². The zero-order valence-electron chi connectivity index (χ0n) is 12.9. The predicted molar refractivity (Wildman–Crippen MR) is 90.9 cm³/mol. The Kier molecular flexibility index (Phi) is 4.29. The molecule has 0 bridgehead atoms. The van der Waals surface area contributed by atoms with Crippen molar-refractivity contribution in [1.29, 1.82) is 0 Å². The summed E-state index contributed by atoms with van der Waals surface area (Å²) in [5.74, 6) is -0.386. The van der Waals surface area contributed by atoms with Gasteiger partial charge in [0.1, 0.15) is 5.75 Å². The van der Waals surface area contributed by atoms with E-state index in [4.69, 9.17) is 4.74 Å². The van der Waals surface area contributed by atoms with E-state index >= 15 is 0 Å². The third kappa shape index (κ3) is 3.69. The molecule has 3 aromatic rings. The average molecular weight is 306 g/mol. The minimum absolute atomic E-state index is 0.337. The van der Waals surface area contributed by atoms with Crippen LogP contribution in [0.2, 0.25) is 0 Å². The van der Waals surface area contributed by atoms with Gasteiger partial charge in [-0.2, -0.15) is 0 Å². The van der Waals surface area contributed by atoms with Crippen LogP contribution in [0.3, 0.4) is 0 Å². The van der Waals surface area contributed by atoms with E-state index in [0.29, 0.717) is 12.2 Å². The molecular formula is C20H18O3. The lowest BCUT2D eigenvalue weighted by Crippen LogP contribution is -2.29. The molecule has 0 aliphatic rings. The Bertz CT molecular complexity index is 839. The van der Waals surface area contributed by atoms with Gasteiger partial charge in [0.05, 0.1) is 0 Å². The smallest absolute Gasteiger partial charge is 0.345 e. The first-order valence-electron chi connectivity index (χ1n) is 7.55. The Labute approximate surface area is 135 Å². The van der Waals surface area contributed by atoms with E-state index < -0.39 is 12.1 Å². The number of carboxylic acids is 1. The molecule has 1 N–H and O–H groups in total. The fourth-order valence-electron chi connectivity index (χ4n) is 2.64. The molecule has 3 nitrogen and oxygen atoms in total. The van der Waals surface area contributed by atoms with E-state index in [1.54, 1.807) is 0 Å². The molecule has 23 heavy (non-hydrogen) atoms. The number of hydrogen-bond donors (Lipinski definition) is 1. The van der Waals surface area contributed by atoms with Crippen LogP contribution < -0.4 is 4.74 Å². The quantitative estimate of drug-likeness (QED) is 0.767. The van der Waals surface area contributed by atoms with Crippen molar-refractivity contribution >= 4 is 16.7 Å². The number of carboxylic acid groups (broad SMARTS) is 1. The molecule has 0 fully saturated rings. The second kappa shape index (κ2) is 6.53. The lowest BCUT2D eigenvalue weighted by Gasteiger charge is -2.16. The normalized spacial score (nSPS) is 12.0. The van der Waals surface area contributed by atoms with Gasteiger partial charge in [-0.3, -0.25) is 0 Å². The third-order valence-electron chi connectivity index (χ3n) is 3.78. The standard InChI is InChI=1S/C20H18O3/c1-14-5-4-6-15(11-14)12-19(20(21)22)23-18-10-9-16-7-2-3-8-17(16)13-18/h2-11,13,19H,12H2,1H3,(H,21,22)/t19-/m1/s1. The second-order valence-electron chi connectivity index (χ2n) is 5.65. The van der Waals surface area contributed by atoms with Crippen LogP contribution >= 0.6 is 0 Å². The number of hydrogen-bond acceptors (Lipinski definition) is 2. The number of ether oxygens (including phenoxy) is 1. The lowest BCUT2D eigenvalue weighted by atomic mass is 10.1. The number of aliphatic carboxylic acids is 1. The molecule has 0 saturated carbocycles. The lowest BCUT2D eigenvalue weighted by molar-refractivity contribution is -0.145. The SMILES string of the molecule is Cc1cccc(C[C@@H](Oc2ccc3ccccc3c2)C(=O)O)c1. The zero-order valence-corrected chi connectivity index (χ0v) is 12.9. The molecule has 0 aromatic heterocycles. The van der Waals surface area contributed by atoms with Gasteiger partial charge in [-0.05, 0) is 35.4 Å². The Morgan fingerprint density at radius 2 is 1.78 bits per heavy atom. The summed E-state index contributed by atoms with van der Waals surface area (Å²) in [4.78, 5) is 11.5. The fraction of sp³-hybridized carbons (Fsp3) is 0.150. The summed E-state index contributed by atoms with van der Waals surface area (Å²) in [6.07, 6.45) is -0.568. The Hall–Kier alpha value is -2.81. The van der Waals surface area contributed by atoms with E-state index in [1.807, 2.05) is 73.7 Å². The van der Waals surface area contributed by atoms with Gasteiger partial charge in [0.15, 0.2) is 6.10 Å². The molecule has 0 heterocycles. The molecular weight excluding hydrogens is 288 g/mol. The second-order valence-corrected chi connectivity index (χ2v) is 5.65. The van der Waals surface area contributed by atoms with Crippen LogP contribution in [0, 0.1) is 6.92 Å². The highest BCUT2D eigenvalue weighted by Gasteiger charge is 2.20. The third-order valence-corrected chi connectivity index (χ3v) is 3.78. The van der Waals surface area contributed by atoms with Crippen molar-refractivity contribution in [3.05, 3.63) is 77.9 Å². The van der Waals surface area contributed by atoms with Gasteiger partial charge in [0, 0.05) is 6.42 Å². The molecule has 0 radical (unpaired) electrons. The minimum atomic E-state index is -0.959. The van der Waals surface area contributed by atoms with E-state index in [1.165, 1.54) is 0 Å². The first-order valence-corrected chi connectivity index (χ1v) is 7.55. The molecule has 3 heteroatoms. The summed E-state index contributed by atoms with van der Waals surface area (Å²) >= 11 is 0. The van der Waals surface area contributed by atoms with Crippen molar-refractivity contribution in [3.8, 4) is 5.75 Å². The van der Waals surface area contributed by atoms with Crippen molar-refractivity contribution in [2.24, 2.45) is 0 Å². The summed E-state index contributed by atoms with van der Waals surface area (Å²) in [6.45, 7) is 1.99. The van der Waals surface area contributed by atoms with Crippen LogP contribution in [0.4, 0.5) is 0 Å². The van der Waals surface area contributed by atoms with Crippen molar-refractivity contribution < 1.29 is 14.6 Å². The van der Waals surface area contributed by atoms with Crippen LogP contribution in [0.15, 0.2) is 66.7 Å². The van der Waals surface area contributed by atoms with Gasteiger partial charge in [0.2, 0.25) is 0 Å². The van der Waals surface area contributed by atoms with Crippen LogP contribution in [-0.2, 0) is 11.2 Å². The number of fused-ring (bicyclic) bond motifs is 1. The molecule has 0 aliphatic heterocycles. The van der Waals surface area contributed by atoms with Gasteiger partial charge >= 0.3 is 5.97 Å². The van der Waals surface area contributed by atoms with Gasteiger partial charge in [0.25, 0.3) is 0 Å². The maximum Gasteiger partial charge on any atom is 0.345 e. The van der Waals surface area contributed by atoms with Crippen molar-refractivity contribution in [2.45, 2.75) is 19.4 Å². The van der Waals surface area contributed by atoms with E-state index in [2.05, 4.69) is 0 Å². The molecule has 0 aliphatic carbocycles. The summed E-state index contributed by atoms with van der Waals surface area (Å²) in [5.41, 5.74) is 2.07. The topological polar surface area (TPSA) is 46.5 Å². The monoisotopic (exact) mass is 306 g/mol. The highest BCUT2D eigenvalue weighted by molar-refractivity contribution is 5.84. The molecule has 3 aromatic carbocycles. The van der Waals surface area contributed by atoms with E-state index in [-0.39, 0.29) is 0 Å². The van der Waals surface area contributed by atoms with Crippen molar-refractivity contribution in [2.75, 3.05) is 0 Å². The average Bonchev–Trinajstić information content (AvgIpc) is 2.54. The van der Waals surface area contributed by atoms with Crippen LogP contribution in [0.25, 0.3) is 10.8 Å². The Morgan fingerprint density at radius 3 is 2.52 bits per heavy atom. The number of benzene rings is 3. The molecule has 0 spiro atoms. The minimum Gasteiger partial charge on any atom is -0.478 e. The highest BCUT2D eigenvalue weighted by Crippen LogP contribution is 2.22. The molecule has 0 amide bonds. The Morgan fingerprint density at radius 1 is 1.00 bits per heavy atom. The largest absolute Gasteiger partial charge is 0.478 e. The molecule has 1 atom stereocenters. The first-order chi connectivity index (χ1) is 11.1. The molecule has 0 saturated heterocycles. The molecule has 116 valence electrons. The number of aryl methyl sites for hydroxylation is 1. The summed E-state index contributed by atoms with van der Waals surface area (Å²) in [5, 5.41) is 11.6. The zero-order chi connectivity index (χ0) is 16.2. The fourth-order valence-corrected chi connectivity index (χ4v) is 2.64.